The van der Waals surface area contributed by atoms with Gasteiger partial charge in [0.05, 0.1) is 46.2 Å². The molecule has 2 fully saturated rings. The van der Waals surface area contributed by atoms with Crippen molar-refractivity contribution in [3.05, 3.63) is 11.6 Å². The molecule has 3 aliphatic carbocycles. The second-order valence-corrected chi connectivity index (χ2v) is 15.1. The summed E-state index contributed by atoms with van der Waals surface area (Å²) < 4.78 is 16.6. The van der Waals surface area contributed by atoms with E-state index in [-0.39, 0.29) is 5.41 Å². The molecule has 0 bridgehead atoms. The van der Waals surface area contributed by atoms with E-state index in [9.17, 15) is 0 Å². The van der Waals surface area contributed by atoms with E-state index in [1.165, 1.54) is 69.7 Å². The fraction of sp³-hybridized carbons (Fsp3) is 0.943. The first-order valence-electron chi connectivity index (χ1n) is 17.4. The number of hydrogen-bond acceptors (Lipinski definition) is 7. The Balaban J connectivity index is 1.39. The van der Waals surface area contributed by atoms with E-state index in [0.717, 1.165) is 54.2 Å². The number of fused-ring (bicyclic) bond motifs is 3. The molecule has 0 aromatic carbocycles. The summed E-state index contributed by atoms with van der Waals surface area (Å²) in [5.74, 6) is 5.99. The number of nitrogens with one attached hydrogen (secondary N) is 1. The van der Waals surface area contributed by atoms with Crippen molar-refractivity contribution in [1.29, 1.82) is 0 Å². The number of rotatable bonds is 22. The lowest BCUT2D eigenvalue weighted by Gasteiger charge is -2.57. The van der Waals surface area contributed by atoms with Crippen LogP contribution < -0.4 is 10.6 Å². The van der Waals surface area contributed by atoms with Crippen LogP contribution in [-0.2, 0) is 19.0 Å². The molecule has 7 unspecified atom stereocenters. The highest BCUT2D eigenvalue weighted by Gasteiger charge is 2.58. The van der Waals surface area contributed by atoms with Crippen LogP contribution in [0.15, 0.2) is 11.6 Å². The minimum Gasteiger partial charge on any atom is -0.378 e. The molecule has 0 amide bonds. The molecule has 3 rings (SSSR count). The summed E-state index contributed by atoms with van der Waals surface area (Å²) in [6.45, 7) is 20.0. The molecule has 0 radical (unpaired) electrons. The number of ether oxygens (including phenoxy) is 3. The SMILES string of the molecule is CCC1=CCC2C(CCC3(C)C(C(C)CCCC(C)C)CCC23)C1(C)CCNOCCOCCOCCOCCSN. The lowest BCUT2D eigenvalue weighted by molar-refractivity contribution is -0.0537. The van der Waals surface area contributed by atoms with Gasteiger partial charge >= 0.3 is 0 Å². The van der Waals surface area contributed by atoms with Crippen LogP contribution in [-0.4, -0.2) is 58.5 Å². The molecule has 3 aliphatic rings. The fourth-order valence-electron chi connectivity index (χ4n) is 9.28. The molecule has 246 valence electrons. The Labute approximate surface area is 263 Å². The third kappa shape index (κ3) is 9.92. The van der Waals surface area contributed by atoms with Gasteiger partial charge in [0.2, 0.25) is 0 Å². The van der Waals surface area contributed by atoms with Gasteiger partial charge in [-0.3, -0.25) is 9.98 Å². The van der Waals surface area contributed by atoms with Gasteiger partial charge in [-0.2, -0.15) is 0 Å². The number of hydroxylamine groups is 1. The Morgan fingerprint density at radius 3 is 2.29 bits per heavy atom. The lowest BCUT2D eigenvalue weighted by Crippen LogP contribution is -2.50. The molecular formula is C35H66N2O4S. The van der Waals surface area contributed by atoms with Crippen molar-refractivity contribution in [1.82, 2.24) is 5.48 Å². The van der Waals surface area contributed by atoms with Crippen LogP contribution in [0.3, 0.4) is 0 Å². The standard InChI is InChI=1S/C35H66N2O4S/c1-7-29-11-12-30-32-14-13-31(28(4)10-8-9-27(2)3)35(32,6)16-15-33(30)34(29,5)17-18-37-41-24-23-39-20-19-38-21-22-40-25-26-42-36/h11,27-28,30-33,37H,7-10,12-26,36H2,1-6H3. The van der Waals surface area contributed by atoms with Gasteiger partial charge < -0.3 is 14.2 Å². The molecule has 3 N–H and O–H groups in total. The van der Waals surface area contributed by atoms with E-state index in [2.05, 4.69) is 53.1 Å². The molecule has 0 saturated heterocycles. The van der Waals surface area contributed by atoms with Crippen LogP contribution in [0.25, 0.3) is 0 Å². The van der Waals surface area contributed by atoms with Gasteiger partial charge in [-0.15, -0.1) is 0 Å². The molecule has 2 saturated carbocycles. The monoisotopic (exact) mass is 610 g/mol. The first-order chi connectivity index (χ1) is 20.3. The molecular weight excluding hydrogens is 544 g/mol. The zero-order valence-corrected chi connectivity index (χ0v) is 28.9. The van der Waals surface area contributed by atoms with E-state index in [1.807, 2.05) is 0 Å². The predicted octanol–water partition coefficient (Wildman–Crippen LogP) is 7.82. The van der Waals surface area contributed by atoms with Gasteiger partial charge in [-0.05, 0) is 91.3 Å². The van der Waals surface area contributed by atoms with Crippen molar-refractivity contribution >= 4 is 11.9 Å². The Kier molecular flexibility index (Phi) is 16.2. The molecule has 7 atom stereocenters. The minimum absolute atomic E-state index is 0.275. The summed E-state index contributed by atoms with van der Waals surface area (Å²) in [5.41, 5.74) is 5.78. The third-order valence-electron chi connectivity index (χ3n) is 11.5. The zero-order chi connectivity index (χ0) is 30.4. The topological polar surface area (TPSA) is 75.0 Å². The first kappa shape index (κ1) is 36.3. The Bertz CT molecular complexity index is 782. The van der Waals surface area contributed by atoms with Crippen LogP contribution in [0.4, 0.5) is 0 Å². The summed E-state index contributed by atoms with van der Waals surface area (Å²) >= 11 is 1.30. The maximum absolute atomic E-state index is 5.76. The molecule has 0 heterocycles. The van der Waals surface area contributed by atoms with Crippen LogP contribution in [0, 0.1) is 46.3 Å². The average molecular weight is 611 g/mol. The van der Waals surface area contributed by atoms with Crippen LogP contribution in [0.2, 0.25) is 0 Å². The van der Waals surface area contributed by atoms with Crippen molar-refractivity contribution in [2.75, 3.05) is 58.5 Å². The van der Waals surface area contributed by atoms with Gasteiger partial charge in [0.15, 0.2) is 0 Å². The molecule has 7 heteroatoms. The molecule has 0 aliphatic heterocycles. The van der Waals surface area contributed by atoms with Crippen molar-refractivity contribution < 1.29 is 19.0 Å². The van der Waals surface area contributed by atoms with E-state index >= 15 is 0 Å². The van der Waals surface area contributed by atoms with E-state index < -0.39 is 0 Å². The van der Waals surface area contributed by atoms with E-state index in [1.54, 1.807) is 5.57 Å². The number of allylic oxidation sites excluding steroid dienone is 2. The zero-order valence-electron chi connectivity index (χ0n) is 28.1. The number of nitrogens with two attached hydrogens (primary N) is 1. The van der Waals surface area contributed by atoms with Crippen molar-refractivity contribution in [2.45, 2.75) is 106 Å². The summed E-state index contributed by atoms with van der Waals surface area (Å²) in [5, 5.41) is 5.37. The predicted molar refractivity (Wildman–Crippen MR) is 177 cm³/mol. The Hall–Kier alpha value is -0.150. The van der Waals surface area contributed by atoms with Gasteiger partial charge in [0, 0.05) is 12.3 Å². The highest BCUT2D eigenvalue weighted by molar-refractivity contribution is 7.97. The minimum atomic E-state index is 0.275. The van der Waals surface area contributed by atoms with E-state index in [4.69, 9.17) is 24.2 Å². The summed E-state index contributed by atoms with van der Waals surface area (Å²) in [6.07, 6.45) is 16.2. The summed E-state index contributed by atoms with van der Waals surface area (Å²) in [7, 11) is 0. The molecule has 0 spiro atoms. The summed E-state index contributed by atoms with van der Waals surface area (Å²) in [6, 6.07) is 0. The second-order valence-electron chi connectivity index (χ2n) is 14.3. The van der Waals surface area contributed by atoms with Crippen LogP contribution in [0.5, 0.6) is 0 Å². The van der Waals surface area contributed by atoms with Crippen molar-refractivity contribution in [2.24, 2.45) is 51.5 Å². The number of hydrogen-bond donors (Lipinski definition) is 2. The molecule has 0 aromatic rings. The summed E-state index contributed by atoms with van der Waals surface area (Å²) in [4.78, 5) is 5.76. The largest absolute Gasteiger partial charge is 0.378 e. The fourth-order valence-corrected chi connectivity index (χ4v) is 9.49. The van der Waals surface area contributed by atoms with Crippen LogP contribution >= 0.6 is 11.9 Å². The Morgan fingerprint density at radius 2 is 1.62 bits per heavy atom. The highest BCUT2D eigenvalue weighted by atomic mass is 32.2. The maximum atomic E-state index is 5.76. The van der Waals surface area contributed by atoms with Gasteiger partial charge in [0.25, 0.3) is 0 Å². The van der Waals surface area contributed by atoms with Gasteiger partial charge in [0.1, 0.15) is 0 Å². The van der Waals surface area contributed by atoms with Gasteiger partial charge in [-0.1, -0.05) is 84.4 Å². The van der Waals surface area contributed by atoms with Crippen molar-refractivity contribution in [3.8, 4) is 0 Å². The van der Waals surface area contributed by atoms with E-state index in [0.29, 0.717) is 51.7 Å². The second kappa shape index (κ2) is 18.7. The Morgan fingerprint density at radius 1 is 0.929 bits per heavy atom. The molecule has 42 heavy (non-hydrogen) atoms. The van der Waals surface area contributed by atoms with Crippen LogP contribution in [0.1, 0.15) is 106 Å². The highest BCUT2D eigenvalue weighted by Crippen LogP contribution is 2.66. The maximum Gasteiger partial charge on any atom is 0.0916 e. The smallest absolute Gasteiger partial charge is 0.0916 e. The van der Waals surface area contributed by atoms with Gasteiger partial charge in [-0.25, -0.2) is 5.48 Å². The lowest BCUT2D eigenvalue weighted by atomic mass is 9.48. The first-order valence-corrected chi connectivity index (χ1v) is 18.4. The molecule has 0 aromatic heterocycles. The molecule has 6 nitrogen and oxygen atoms in total. The van der Waals surface area contributed by atoms with Crippen molar-refractivity contribution in [3.63, 3.8) is 0 Å². The quantitative estimate of drug-likeness (QED) is 0.0560. The third-order valence-corrected chi connectivity index (χ3v) is 11.9. The average Bonchev–Trinajstić information content (AvgIpc) is 3.32. The normalized spacial score (nSPS) is 31.7.